The second-order valence-corrected chi connectivity index (χ2v) is 11.8. The van der Waals surface area contributed by atoms with Crippen molar-refractivity contribution in [2.24, 2.45) is 23.2 Å². The molecule has 0 radical (unpaired) electrons. The Morgan fingerprint density at radius 1 is 1.09 bits per heavy atom. The second kappa shape index (κ2) is 9.74. The van der Waals surface area contributed by atoms with Crippen LogP contribution < -0.4 is 0 Å². The van der Waals surface area contributed by atoms with Gasteiger partial charge >= 0.3 is 6.18 Å². The van der Waals surface area contributed by atoms with Crippen molar-refractivity contribution in [2.75, 3.05) is 19.6 Å². The molecule has 4 unspecified atom stereocenters. The smallest absolute Gasteiger partial charge is 0.388 e. The van der Waals surface area contributed by atoms with Gasteiger partial charge in [-0.1, -0.05) is 38.2 Å². The summed E-state index contributed by atoms with van der Waals surface area (Å²) < 4.78 is 39.5. The molecule has 0 bridgehead atoms. The zero-order valence-corrected chi connectivity index (χ0v) is 20.8. The molecule has 0 aromatic heterocycles. The average molecular weight is 482 g/mol. The van der Waals surface area contributed by atoms with Gasteiger partial charge < -0.3 is 15.1 Å². The molecule has 1 heterocycles. The van der Waals surface area contributed by atoms with Crippen molar-refractivity contribution in [2.45, 2.75) is 95.9 Å². The molecule has 0 amide bonds. The first kappa shape index (κ1) is 26.0. The monoisotopic (exact) mass is 481 g/mol. The summed E-state index contributed by atoms with van der Waals surface area (Å²) in [4.78, 5) is 2.13. The predicted octanol–water partition coefficient (Wildman–Crippen LogP) is 6.18. The Kier molecular flexibility index (Phi) is 7.44. The van der Waals surface area contributed by atoms with Crippen LogP contribution in [0.5, 0.6) is 0 Å². The highest BCUT2D eigenvalue weighted by Crippen LogP contribution is 2.59. The normalized spacial score (nSPS) is 38.3. The number of rotatable bonds is 4. The van der Waals surface area contributed by atoms with Crippen LogP contribution in [-0.2, 0) is 0 Å². The molecule has 4 aliphatic rings. The summed E-state index contributed by atoms with van der Waals surface area (Å²) in [6.45, 7) is 10.2. The van der Waals surface area contributed by atoms with Crippen LogP contribution in [-0.4, -0.2) is 52.6 Å². The zero-order chi connectivity index (χ0) is 24.7. The van der Waals surface area contributed by atoms with E-state index in [0.717, 1.165) is 37.8 Å². The van der Waals surface area contributed by atoms with E-state index in [9.17, 15) is 23.4 Å². The Balaban J connectivity index is 1.40. The summed E-state index contributed by atoms with van der Waals surface area (Å²) in [6, 6.07) is 0. The minimum absolute atomic E-state index is 0.227. The Bertz CT molecular complexity index is 824. The summed E-state index contributed by atoms with van der Waals surface area (Å²) in [7, 11) is 0. The van der Waals surface area contributed by atoms with Crippen molar-refractivity contribution in [1.29, 1.82) is 0 Å². The largest absolute Gasteiger partial charge is 0.417 e. The van der Waals surface area contributed by atoms with Gasteiger partial charge in [0.2, 0.25) is 0 Å². The van der Waals surface area contributed by atoms with E-state index < -0.39 is 17.9 Å². The molecule has 6 heteroatoms. The number of hydrogen-bond acceptors (Lipinski definition) is 3. The lowest BCUT2D eigenvalue weighted by Gasteiger charge is -2.46. The molecule has 34 heavy (non-hydrogen) atoms. The van der Waals surface area contributed by atoms with Crippen LogP contribution in [0.2, 0.25) is 0 Å². The SMILES string of the molecule is C=C1/C(=C\C=C2/CCCC3(C)C2CCC3[C@H](C)CN2CCC(O)(C(F)(F)F)CC2)CCCC1O. The van der Waals surface area contributed by atoms with Gasteiger partial charge in [-0.15, -0.1) is 0 Å². The summed E-state index contributed by atoms with van der Waals surface area (Å²) in [6.07, 6.45) is 7.78. The molecular formula is C28H42F3NO2. The Morgan fingerprint density at radius 3 is 2.47 bits per heavy atom. The summed E-state index contributed by atoms with van der Waals surface area (Å²) >= 11 is 0. The highest BCUT2D eigenvalue weighted by molar-refractivity contribution is 5.37. The zero-order valence-electron chi connectivity index (χ0n) is 20.8. The third-order valence-electron chi connectivity index (χ3n) is 9.72. The third kappa shape index (κ3) is 4.92. The fourth-order valence-electron chi connectivity index (χ4n) is 7.57. The van der Waals surface area contributed by atoms with Gasteiger partial charge in [0.15, 0.2) is 5.60 Å². The maximum absolute atomic E-state index is 13.2. The summed E-state index contributed by atoms with van der Waals surface area (Å²) in [5, 5.41) is 20.1. The molecule has 2 N–H and O–H groups in total. The van der Waals surface area contributed by atoms with E-state index in [1.807, 2.05) is 0 Å². The van der Waals surface area contributed by atoms with E-state index in [1.54, 1.807) is 0 Å². The molecule has 0 aromatic carbocycles. The van der Waals surface area contributed by atoms with Gasteiger partial charge in [0, 0.05) is 19.6 Å². The van der Waals surface area contributed by atoms with Gasteiger partial charge in [0.25, 0.3) is 0 Å². The first-order chi connectivity index (χ1) is 15.9. The number of likely N-dealkylation sites (tertiary alicyclic amines) is 1. The Hall–Kier alpha value is -1.11. The summed E-state index contributed by atoms with van der Waals surface area (Å²) in [5.41, 5.74) is 1.29. The van der Waals surface area contributed by atoms with Crippen molar-refractivity contribution in [3.8, 4) is 0 Å². The minimum Gasteiger partial charge on any atom is -0.388 e. The number of piperidine rings is 1. The highest BCUT2D eigenvalue weighted by Gasteiger charge is 2.55. The molecule has 0 spiro atoms. The van der Waals surface area contributed by atoms with Crippen molar-refractivity contribution in [1.82, 2.24) is 4.90 Å². The molecule has 3 aliphatic carbocycles. The van der Waals surface area contributed by atoms with Crippen molar-refractivity contribution < 1.29 is 23.4 Å². The van der Waals surface area contributed by atoms with E-state index in [2.05, 4.69) is 37.5 Å². The van der Waals surface area contributed by atoms with Crippen LogP contribution in [0.25, 0.3) is 0 Å². The molecule has 3 nitrogen and oxygen atoms in total. The molecule has 0 aromatic rings. The van der Waals surface area contributed by atoms with Crippen LogP contribution in [0.1, 0.15) is 78.1 Å². The lowest BCUT2D eigenvalue weighted by atomic mass is 9.61. The van der Waals surface area contributed by atoms with Crippen molar-refractivity contribution in [3.63, 3.8) is 0 Å². The fourth-order valence-corrected chi connectivity index (χ4v) is 7.57. The molecule has 1 saturated heterocycles. The number of hydrogen-bond donors (Lipinski definition) is 2. The number of nitrogens with zero attached hydrogens (tertiary/aromatic N) is 1. The van der Waals surface area contributed by atoms with E-state index in [0.29, 0.717) is 30.8 Å². The molecular weight excluding hydrogens is 439 g/mol. The van der Waals surface area contributed by atoms with Gasteiger partial charge in [0.05, 0.1) is 6.10 Å². The lowest BCUT2D eigenvalue weighted by molar-refractivity contribution is -0.272. The second-order valence-electron chi connectivity index (χ2n) is 11.8. The number of aliphatic hydroxyl groups excluding tert-OH is 1. The van der Waals surface area contributed by atoms with Crippen LogP contribution in [0.4, 0.5) is 13.2 Å². The molecule has 1 aliphatic heterocycles. The van der Waals surface area contributed by atoms with Crippen LogP contribution in [0, 0.1) is 23.2 Å². The van der Waals surface area contributed by atoms with E-state index in [-0.39, 0.29) is 18.3 Å². The minimum atomic E-state index is -4.54. The Labute approximate surface area is 202 Å². The molecule has 4 fully saturated rings. The first-order valence-corrected chi connectivity index (χ1v) is 13.2. The number of halogens is 3. The van der Waals surface area contributed by atoms with Crippen molar-refractivity contribution >= 4 is 0 Å². The van der Waals surface area contributed by atoms with Crippen LogP contribution >= 0.6 is 0 Å². The van der Waals surface area contributed by atoms with Gasteiger partial charge in [-0.3, -0.25) is 0 Å². The number of aliphatic hydroxyl groups is 2. The topological polar surface area (TPSA) is 43.7 Å². The quantitative estimate of drug-likeness (QED) is 0.504. The van der Waals surface area contributed by atoms with Crippen LogP contribution in [0.15, 0.2) is 35.5 Å². The number of fused-ring (bicyclic) bond motifs is 1. The first-order valence-electron chi connectivity index (χ1n) is 13.2. The standard InChI is InChI=1S/C28H42F3NO2/c1-19(18-32-16-14-27(34,15-17-32)28(29,30)31)23-11-12-24-22(7-5-13-26(23,24)3)10-9-21-6-4-8-25(33)20(21)2/h9-10,19,23-25,33-34H,2,4-8,11-18H2,1,3H3/b21-9-,22-10+/t19-,23?,24?,25?,26?/m1/s1. The molecule has 192 valence electrons. The molecule has 3 saturated carbocycles. The fraction of sp³-hybridized carbons (Fsp3) is 0.786. The number of alkyl halides is 3. The maximum Gasteiger partial charge on any atom is 0.417 e. The van der Waals surface area contributed by atoms with E-state index >= 15 is 0 Å². The maximum atomic E-state index is 13.2. The third-order valence-corrected chi connectivity index (χ3v) is 9.72. The van der Waals surface area contributed by atoms with Gasteiger partial charge in [-0.05, 0) is 98.5 Å². The van der Waals surface area contributed by atoms with E-state index in [4.69, 9.17) is 0 Å². The molecule has 5 atom stereocenters. The van der Waals surface area contributed by atoms with Gasteiger partial charge in [0.1, 0.15) is 0 Å². The van der Waals surface area contributed by atoms with Crippen LogP contribution in [0.3, 0.4) is 0 Å². The average Bonchev–Trinajstić information content (AvgIpc) is 3.13. The van der Waals surface area contributed by atoms with Crippen molar-refractivity contribution in [3.05, 3.63) is 35.5 Å². The molecule has 4 rings (SSSR count). The number of allylic oxidation sites excluding steroid dienone is 3. The van der Waals surface area contributed by atoms with E-state index in [1.165, 1.54) is 36.8 Å². The van der Waals surface area contributed by atoms with Gasteiger partial charge in [-0.25, -0.2) is 0 Å². The highest BCUT2D eigenvalue weighted by atomic mass is 19.4. The van der Waals surface area contributed by atoms with Gasteiger partial charge in [-0.2, -0.15) is 13.2 Å². The predicted molar refractivity (Wildman–Crippen MR) is 129 cm³/mol. The summed E-state index contributed by atoms with van der Waals surface area (Å²) in [5.74, 6) is 1.53. The Morgan fingerprint density at radius 2 is 1.79 bits per heavy atom. The lowest BCUT2D eigenvalue weighted by Crippen LogP contribution is -2.54.